The fourth-order valence-electron chi connectivity index (χ4n) is 3.87. The summed E-state index contributed by atoms with van der Waals surface area (Å²) in [5, 5.41) is 0. The minimum absolute atomic E-state index is 0.0897. The summed E-state index contributed by atoms with van der Waals surface area (Å²) in [6.45, 7) is 3.94. The number of anilines is 1. The number of hydrogen-bond acceptors (Lipinski definition) is 6. The molecular formula is C24H29FN2O6S. The molecule has 1 aliphatic rings. The standard InChI is InChI=1S/C24H29FN2O6S/c1-4-33-24(29)18-11-13-26(14-12-18)23(28)16-27(20-8-6-19(25)7-9-20)34(30,31)22-15-17(2)5-10-21(22)32-3/h5-10,15,18H,4,11-14,16H2,1-3H3. The minimum atomic E-state index is -4.23. The Kier molecular flexibility index (Phi) is 8.14. The van der Waals surface area contributed by atoms with Gasteiger partial charge in [0.05, 0.1) is 25.3 Å². The second-order valence-electron chi connectivity index (χ2n) is 8.05. The van der Waals surface area contributed by atoms with Crippen molar-refractivity contribution in [1.29, 1.82) is 0 Å². The number of amides is 1. The number of halogens is 1. The Labute approximate surface area is 199 Å². The molecule has 0 N–H and O–H groups in total. The first-order valence-corrected chi connectivity index (χ1v) is 12.5. The molecule has 0 radical (unpaired) electrons. The maximum atomic E-state index is 13.7. The number of ether oxygens (including phenoxy) is 2. The van der Waals surface area contributed by atoms with E-state index in [0.29, 0.717) is 38.1 Å². The maximum Gasteiger partial charge on any atom is 0.309 e. The third-order valence-corrected chi connectivity index (χ3v) is 7.54. The Morgan fingerprint density at radius 2 is 1.76 bits per heavy atom. The lowest BCUT2D eigenvalue weighted by molar-refractivity contribution is -0.151. The SMILES string of the molecule is CCOC(=O)C1CCN(C(=O)CN(c2ccc(F)cc2)S(=O)(=O)c2cc(C)ccc2OC)CC1. The van der Waals surface area contributed by atoms with Crippen molar-refractivity contribution in [3.8, 4) is 5.75 Å². The molecule has 2 aromatic carbocycles. The number of aryl methyl sites for hydroxylation is 1. The minimum Gasteiger partial charge on any atom is -0.495 e. The Balaban J connectivity index is 1.88. The fourth-order valence-corrected chi connectivity index (χ4v) is 5.53. The normalized spacial score (nSPS) is 14.5. The molecule has 1 amide bonds. The topological polar surface area (TPSA) is 93.2 Å². The Morgan fingerprint density at radius 3 is 2.35 bits per heavy atom. The molecule has 0 saturated carbocycles. The van der Waals surface area contributed by atoms with E-state index in [1.54, 1.807) is 26.0 Å². The monoisotopic (exact) mass is 492 g/mol. The van der Waals surface area contributed by atoms with E-state index in [-0.39, 0.29) is 28.2 Å². The second-order valence-corrected chi connectivity index (χ2v) is 9.88. The van der Waals surface area contributed by atoms with Gasteiger partial charge in [-0.2, -0.15) is 0 Å². The summed E-state index contributed by atoms with van der Waals surface area (Å²) < 4.78 is 52.2. The zero-order valence-corrected chi connectivity index (χ0v) is 20.3. The van der Waals surface area contributed by atoms with Crippen LogP contribution in [0.1, 0.15) is 25.3 Å². The number of hydrogen-bond donors (Lipinski definition) is 0. The quantitative estimate of drug-likeness (QED) is 0.526. The molecule has 0 spiro atoms. The highest BCUT2D eigenvalue weighted by molar-refractivity contribution is 7.93. The van der Waals surface area contributed by atoms with Crippen molar-refractivity contribution in [3.63, 3.8) is 0 Å². The molecule has 0 atom stereocenters. The number of sulfonamides is 1. The van der Waals surface area contributed by atoms with Gasteiger partial charge in [-0.15, -0.1) is 0 Å². The van der Waals surface area contributed by atoms with E-state index in [4.69, 9.17) is 9.47 Å². The molecule has 1 fully saturated rings. The summed E-state index contributed by atoms with van der Waals surface area (Å²) in [6.07, 6.45) is 0.888. The summed E-state index contributed by atoms with van der Waals surface area (Å²) in [5.41, 5.74) is 0.852. The lowest BCUT2D eigenvalue weighted by Gasteiger charge is -2.33. The number of carbonyl (C=O) groups excluding carboxylic acids is 2. The molecule has 1 heterocycles. The van der Waals surface area contributed by atoms with Crippen LogP contribution in [0.25, 0.3) is 0 Å². The van der Waals surface area contributed by atoms with Gasteiger partial charge >= 0.3 is 5.97 Å². The first kappa shape index (κ1) is 25.5. The molecule has 0 aromatic heterocycles. The number of esters is 1. The summed E-state index contributed by atoms with van der Waals surface area (Å²) in [7, 11) is -2.87. The van der Waals surface area contributed by atoms with Crippen molar-refractivity contribution < 1.29 is 31.9 Å². The maximum absolute atomic E-state index is 13.7. The second kappa shape index (κ2) is 10.9. The van der Waals surface area contributed by atoms with Crippen molar-refractivity contribution in [2.24, 2.45) is 5.92 Å². The number of rotatable bonds is 8. The Morgan fingerprint density at radius 1 is 1.12 bits per heavy atom. The average Bonchev–Trinajstić information content (AvgIpc) is 2.83. The van der Waals surface area contributed by atoms with Crippen LogP contribution in [-0.2, 0) is 24.3 Å². The van der Waals surface area contributed by atoms with Crippen LogP contribution < -0.4 is 9.04 Å². The predicted molar refractivity (Wildman–Crippen MR) is 125 cm³/mol. The van der Waals surface area contributed by atoms with Gasteiger partial charge in [0.1, 0.15) is 23.0 Å². The summed E-state index contributed by atoms with van der Waals surface area (Å²) in [6, 6.07) is 9.65. The van der Waals surface area contributed by atoms with E-state index in [0.717, 1.165) is 16.4 Å². The third kappa shape index (κ3) is 5.67. The van der Waals surface area contributed by atoms with E-state index >= 15 is 0 Å². The van der Waals surface area contributed by atoms with Crippen LogP contribution >= 0.6 is 0 Å². The van der Waals surface area contributed by atoms with Crippen LogP contribution in [0.2, 0.25) is 0 Å². The van der Waals surface area contributed by atoms with E-state index in [1.807, 2.05) is 0 Å². The lowest BCUT2D eigenvalue weighted by Crippen LogP contribution is -2.46. The van der Waals surface area contributed by atoms with Gasteiger partial charge in [-0.3, -0.25) is 13.9 Å². The van der Waals surface area contributed by atoms with Crippen LogP contribution in [-0.4, -0.2) is 58.5 Å². The predicted octanol–water partition coefficient (Wildman–Crippen LogP) is 3.14. The van der Waals surface area contributed by atoms with Crippen LogP contribution in [0.15, 0.2) is 47.4 Å². The first-order chi connectivity index (χ1) is 16.2. The molecule has 184 valence electrons. The van der Waals surface area contributed by atoms with Crippen molar-refractivity contribution in [2.75, 3.05) is 37.7 Å². The molecule has 8 nitrogen and oxygen atoms in total. The van der Waals surface area contributed by atoms with Crippen molar-refractivity contribution in [1.82, 2.24) is 4.90 Å². The van der Waals surface area contributed by atoms with Gasteiger partial charge in [0.2, 0.25) is 5.91 Å². The average molecular weight is 493 g/mol. The Hall–Kier alpha value is -3.14. The van der Waals surface area contributed by atoms with Gasteiger partial charge in [-0.05, 0) is 68.7 Å². The summed E-state index contributed by atoms with van der Waals surface area (Å²) in [4.78, 5) is 26.6. The van der Waals surface area contributed by atoms with Gasteiger partial charge in [0, 0.05) is 13.1 Å². The molecular weight excluding hydrogens is 463 g/mol. The number of nitrogens with zero attached hydrogens (tertiary/aromatic N) is 2. The molecule has 1 saturated heterocycles. The molecule has 1 aliphatic heterocycles. The lowest BCUT2D eigenvalue weighted by atomic mass is 9.97. The number of likely N-dealkylation sites (tertiary alicyclic amines) is 1. The Bertz CT molecular complexity index is 1130. The first-order valence-electron chi connectivity index (χ1n) is 11.0. The van der Waals surface area contributed by atoms with E-state index in [9.17, 15) is 22.4 Å². The van der Waals surface area contributed by atoms with Crippen LogP contribution in [0.3, 0.4) is 0 Å². The zero-order chi connectivity index (χ0) is 24.9. The van der Waals surface area contributed by atoms with Crippen LogP contribution in [0.5, 0.6) is 5.75 Å². The van der Waals surface area contributed by atoms with Gasteiger partial charge < -0.3 is 14.4 Å². The number of methoxy groups -OCH3 is 1. The van der Waals surface area contributed by atoms with Crippen molar-refractivity contribution in [3.05, 3.63) is 53.8 Å². The number of benzene rings is 2. The highest BCUT2D eigenvalue weighted by Gasteiger charge is 2.33. The molecule has 2 aromatic rings. The highest BCUT2D eigenvalue weighted by Crippen LogP contribution is 2.31. The van der Waals surface area contributed by atoms with Crippen LogP contribution in [0, 0.1) is 18.7 Å². The van der Waals surface area contributed by atoms with Crippen molar-refractivity contribution in [2.45, 2.75) is 31.6 Å². The van der Waals surface area contributed by atoms with Gasteiger partial charge in [0.25, 0.3) is 10.0 Å². The fraction of sp³-hybridized carbons (Fsp3) is 0.417. The van der Waals surface area contributed by atoms with Crippen LogP contribution in [0.4, 0.5) is 10.1 Å². The summed E-state index contributed by atoms with van der Waals surface area (Å²) >= 11 is 0. The van der Waals surface area contributed by atoms with Crippen molar-refractivity contribution >= 4 is 27.6 Å². The molecule has 34 heavy (non-hydrogen) atoms. The van der Waals surface area contributed by atoms with Gasteiger partial charge in [-0.1, -0.05) is 6.07 Å². The summed E-state index contributed by atoms with van der Waals surface area (Å²) in [5.74, 6) is -1.36. The van der Waals surface area contributed by atoms with Gasteiger partial charge in [0.15, 0.2) is 0 Å². The largest absolute Gasteiger partial charge is 0.495 e. The number of piperidine rings is 1. The molecule has 0 bridgehead atoms. The number of carbonyl (C=O) groups is 2. The molecule has 3 rings (SSSR count). The van der Waals surface area contributed by atoms with E-state index in [1.165, 1.54) is 30.2 Å². The molecule has 0 aliphatic carbocycles. The zero-order valence-electron chi connectivity index (χ0n) is 19.5. The van der Waals surface area contributed by atoms with E-state index in [2.05, 4.69) is 0 Å². The van der Waals surface area contributed by atoms with E-state index < -0.39 is 28.3 Å². The molecule has 0 unspecified atom stereocenters. The molecule has 10 heteroatoms. The third-order valence-electron chi connectivity index (χ3n) is 5.75. The van der Waals surface area contributed by atoms with Gasteiger partial charge in [-0.25, -0.2) is 12.8 Å². The smallest absolute Gasteiger partial charge is 0.309 e. The highest BCUT2D eigenvalue weighted by atomic mass is 32.2.